The van der Waals surface area contributed by atoms with Gasteiger partial charge in [0.05, 0.1) is 12.7 Å². The summed E-state index contributed by atoms with van der Waals surface area (Å²) in [7, 11) is 2.21. The molecule has 3 heterocycles. The van der Waals surface area contributed by atoms with Crippen molar-refractivity contribution < 1.29 is 9.53 Å². The van der Waals surface area contributed by atoms with Crippen LogP contribution in [-0.4, -0.2) is 43.2 Å². The Balaban J connectivity index is 1.69. The number of ether oxygens (including phenoxy) is 1. The van der Waals surface area contributed by atoms with Gasteiger partial charge in [-0.05, 0) is 31.0 Å². The summed E-state index contributed by atoms with van der Waals surface area (Å²) in [6.45, 7) is 6.06. The fourth-order valence-corrected chi connectivity index (χ4v) is 7.38. The first kappa shape index (κ1) is 13.6. The summed E-state index contributed by atoms with van der Waals surface area (Å²) in [5.41, 5.74) is 1.61. The second kappa shape index (κ2) is 3.94. The van der Waals surface area contributed by atoms with Crippen molar-refractivity contribution in [2.45, 2.75) is 24.0 Å². The highest BCUT2D eigenvalue weighted by Crippen LogP contribution is 2.73. The maximum absolute atomic E-state index is 13.4. The zero-order valence-corrected chi connectivity index (χ0v) is 13.9. The van der Waals surface area contributed by atoms with E-state index < -0.39 is 5.41 Å². The minimum atomic E-state index is -0.554. The van der Waals surface area contributed by atoms with E-state index in [2.05, 4.69) is 42.1 Å². The average molecular weight is 322 g/mol. The van der Waals surface area contributed by atoms with Crippen LogP contribution >= 0.6 is 0 Å². The van der Waals surface area contributed by atoms with Crippen molar-refractivity contribution in [3.05, 3.63) is 42.5 Å². The van der Waals surface area contributed by atoms with E-state index in [0.29, 0.717) is 17.9 Å². The molecule has 24 heavy (non-hydrogen) atoms. The van der Waals surface area contributed by atoms with Crippen LogP contribution in [0.2, 0.25) is 0 Å². The lowest BCUT2D eigenvalue weighted by molar-refractivity contribution is -0.153. The Labute approximate surface area is 141 Å². The van der Waals surface area contributed by atoms with E-state index in [1.807, 2.05) is 12.1 Å². The molecule has 4 heteroatoms. The van der Waals surface area contributed by atoms with Crippen molar-refractivity contribution in [1.29, 1.82) is 0 Å². The molecule has 4 fully saturated rings. The van der Waals surface area contributed by atoms with Crippen molar-refractivity contribution in [3.63, 3.8) is 0 Å². The van der Waals surface area contributed by atoms with Gasteiger partial charge in [0.25, 0.3) is 0 Å². The molecule has 1 N–H and O–H groups in total. The number of nitrogens with zero attached hydrogens (tertiary/aromatic N) is 1. The number of nitrogens with one attached hydrogen (secondary N) is 1. The molecule has 0 aromatic heterocycles. The van der Waals surface area contributed by atoms with Crippen LogP contribution in [0.1, 0.15) is 12.0 Å². The van der Waals surface area contributed by atoms with Crippen molar-refractivity contribution in [1.82, 2.24) is 4.90 Å². The molecular formula is C20H22N2O2. The molecule has 5 bridgehead atoms. The number of anilines is 1. The van der Waals surface area contributed by atoms with E-state index in [1.54, 1.807) is 0 Å². The first-order chi connectivity index (χ1) is 11.6. The van der Waals surface area contributed by atoms with Crippen molar-refractivity contribution in [3.8, 4) is 0 Å². The van der Waals surface area contributed by atoms with Gasteiger partial charge in [-0.1, -0.05) is 24.3 Å². The van der Waals surface area contributed by atoms with Crippen LogP contribution < -0.4 is 5.32 Å². The summed E-state index contributed by atoms with van der Waals surface area (Å²) in [6.07, 6.45) is 3.17. The highest BCUT2D eigenvalue weighted by atomic mass is 16.5. The monoisotopic (exact) mass is 322 g/mol. The topological polar surface area (TPSA) is 41.6 Å². The number of rotatable bonds is 1. The fraction of sp³-hybridized carbons (Fsp3) is 0.550. The molecule has 4 nitrogen and oxygen atoms in total. The highest BCUT2D eigenvalue weighted by Gasteiger charge is 2.79. The SMILES string of the molecule is C=CC12CN(C)C3C4CO[C@@H](C[C@@H]41)[C@@]1(C(=O)Nc4ccccc41)C32. The number of carbonyl (C=O) groups excluding carboxylic acids is 1. The fourth-order valence-electron chi connectivity index (χ4n) is 7.38. The Bertz CT molecular complexity index is 792. The molecule has 1 aromatic rings. The summed E-state index contributed by atoms with van der Waals surface area (Å²) in [5, 5.41) is 3.18. The number of fused-ring (bicyclic) bond motifs is 5. The van der Waals surface area contributed by atoms with E-state index in [0.717, 1.165) is 30.8 Å². The van der Waals surface area contributed by atoms with Gasteiger partial charge in [0.15, 0.2) is 0 Å². The Kier molecular flexibility index (Phi) is 2.24. The maximum Gasteiger partial charge on any atom is 0.238 e. The van der Waals surface area contributed by atoms with Gasteiger partial charge < -0.3 is 15.0 Å². The zero-order valence-electron chi connectivity index (χ0n) is 13.9. The summed E-state index contributed by atoms with van der Waals surface area (Å²) in [4.78, 5) is 15.9. The Morgan fingerprint density at radius 1 is 1.42 bits per heavy atom. The van der Waals surface area contributed by atoms with Crippen LogP contribution in [-0.2, 0) is 14.9 Å². The molecule has 1 amide bonds. The Morgan fingerprint density at radius 3 is 3.08 bits per heavy atom. The summed E-state index contributed by atoms with van der Waals surface area (Å²) in [5.74, 6) is 1.56. The van der Waals surface area contributed by atoms with Crippen LogP contribution in [0.25, 0.3) is 0 Å². The number of para-hydroxylation sites is 1. The molecule has 6 rings (SSSR count). The lowest BCUT2D eigenvalue weighted by Crippen LogP contribution is -2.62. The number of amides is 1. The van der Waals surface area contributed by atoms with Gasteiger partial charge in [0, 0.05) is 35.5 Å². The molecule has 7 atom stereocenters. The quantitative estimate of drug-likeness (QED) is 0.805. The van der Waals surface area contributed by atoms with E-state index in [1.165, 1.54) is 0 Å². The summed E-state index contributed by atoms with van der Waals surface area (Å²) >= 11 is 0. The minimum absolute atomic E-state index is 0.00280. The normalized spacial score (nSPS) is 50.4. The van der Waals surface area contributed by atoms with E-state index in [4.69, 9.17) is 4.74 Å². The number of likely N-dealkylation sites (tertiary alicyclic amines) is 1. The lowest BCUT2D eigenvalue weighted by Gasteiger charge is -2.54. The van der Waals surface area contributed by atoms with Gasteiger partial charge in [0.1, 0.15) is 5.41 Å². The van der Waals surface area contributed by atoms with Gasteiger partial charge in [-0.25, -0.2) is 0 Å². The molecule has 1 aromatic carbocycles. The third-order valence-corrected chi connectivity index (χ3v) is 7.93. The summed E-state index contributed by atoms with van der Waals surface area (Å²) < 4.78 is 6.34. The van der Waals surface area contributed by atoms with E-state index in [9.17, 15) is 4.79 Å². The van der Waals surface area contributed by atoms with Crippen molar-refractivity contribution in [2.24, 2.45) is 23.2 Å². The van der Waals surface area contributed by atoms with E-state index in [-0.39, 0.29) is 23.3 Å². The molecule has 5 aliphatic rings. The largest absolute Gasteiger partial charge is 0.376 e. The predicted octanol–water partition coefficient (Wildman–Crippen LogP) is 2.03. The number of hydrogen-bond acceptors (Lipinski definition) is 3. The molecule has 3 aliphatic heterocycles. The first-order valence-electron chi connectivity index (χ1n) is 9.01. The Morgan fingerprint density at radius 2 is 2.25 bits per heavy atom. The van der Waals surface area contributed by atoms with Gasteiger partial charge in [0.2, 0.25) is 5.91 Å². The van der Waals surface area contributed by atoms with Crippen molar-refractivity contribution in [2.75, 3.05) is 25.5 Å². The van der Waals surface area contributed by atoms with Crippen molar-refractivity contribution >= 4 is 11.6 Å². The number of benzene rings is 1. The van der Waals surface area contributed by atoms with Gasteiger partial charge in [-0.15, -0.1) is 6.58 Å². The van der Waals surface area contributed by atoms with Crippen LogP contribution in [0.15, 0.2) is 36.9 Å². The first-order valence-corrected chi connectivity index (χ1v) is 9.01. The molecular weight excluding hydrogens is 300 g/mol. The average Bonchev–Trinajstić information content (AvgIpc) is 3.08. The molecule has 2 saturated carbocycles. The van der Waals surface area contributed by atoms with Gasteiger partial charge in [-0.3, -0.25) is 4.79 Å². The van der Waals surface area contributed by atoms with Crippen LogP contribution in [0.5, 0.6) is 0 Å². The third kappa shape index (κ3) is 1.12. The smallest absolute Gasteiger partial charge is 0.238 e. The molecule has 0 radical (unpaired) electrons. The Hall–Kier alpha value is -1.65. The summed E-state index contributed by atoms with van der Waals surface area (Å²) in [6, 6.07) is 8.64. The van der Waals surface area contributed by atoms with Gasteiger partial charge >= 0.3 is 0 Å². The second-order valence-corrected chi connectivity index (χ2v) is 8.40. The third-order valence-electron chi connectivity index (χ3n) is 7.93. The van der Waals surface area contributed by atoms with Crippen LogP contribution in [0, 0.1) is 23.2 Å². The zero-order chi connectivity index (χ0) is 16.3. The van der Waals surface area contributed by atoms with Crippen LogP contribution in [0.3, 0.4) is 0 Å². The molecule has 124 valence electrons. The molecule has 2 aliphatic carbocycles. The lowest BCUT2D eigenvalue weighted by atomic mass is 9.51. The van der Waals surface area contributed by atoms with E-state index >= 15 is 0 Å². The predicted molar refractivity (Wildman–Crippen MR) is 90.6 cm³/mol. The standard InChI is InChI=1S/C20H22N2O2/c1-3-19-10-22(2)16-11-9-24-15(8-13(11)19)20(17(16)19)12-6-4-5-7-14(12)21-18(20)23/h3-7,11,13,15-17H,1,8-10H2,2H3,(H,21,23)/t11?,13-,15-,16?,17?,19?,20+/m0/s1. The molecule has 2 saturated heterocycles. The number of carbonyl (C=O) groups is 1. The molecule has 4 unspecified atom stereocenters. The minimum Gasteiger partial charge on any atom is -0.376 e. The number of piperidine rings is 1. The highest BCUT2D eigenvalue weighted by molar-refractivity contribution is 6.07. The van der Waals surface area contributed by atoms with Gasteiger partial charge in [-0.2, -0.15) is 0 Å². The van der Waals surface area contributed by atoms with Crippen LogP contribution in [0.4, 0.5) is 5.69 Å². The number of hydrogen-bond donors (Lipinski definition) is 1. The molecule has 1 spiro atoms. The second-order valence-electron chi connectivity index (χ2n) is 8.40. The maximum atomic E-state index is 13.4.